The maximum Gasteiger partial charge on any atom is 0.106 e. The summed E-state index contributed by atoms with van der Waals surface area (Å²) in [6, 6.07) is 7.90. The van der Waals surface area contributed by atoms with Crippen molar-refractivity contribution in [3.05, 3.63) is 35.4 Å². The summed E-state index contributed by atoms with van der Waals surface area (Å²) in [5.41, 5.74) is 2.19. The maximum atomic E-state index is 8.00. The third-order valence-electron chi connectivity index (χ3n) is 1.22. The van der Waals surface area contributed by atoms with Gasteiger partial charge in [0, 0.05) is 5.56 Å². The summed E-state index contributed by atoms with van der Waals surface area (Å²) in [6.45, 7) is 4.04. The van der Waals surface area contributed by atoms with Crippen molar-refractivity contribution in [2.45, 2.75) is 14.4 Å². The highest BCUT2D eigenvalue weighted by Crippen LogP contribution is 1.99. The lowest BCUT2D eigenvalue weighted by atomic mass is 10.2. The quantitative estimate of drug-likeness (QED) is 0.535. The minimum Gasteiger partial charge on any atom is -0.307 e. The third kappa shape index (κ3) is 4.29. The van der Waals surface area contributed by atoms with Gasteiger partial charge in [0.1, 0.15) is 6.79 Å². The SMILES string of the molecule is C.C#Cc1ccc(C)cc1.C=O. The lowest BCUT2D eigenvalue weighted by Gasteiger charge is -1.89. The van der Waals surface area contributed by atoms with E-state index in [1.165, 1.54) is 5.56 Å². The normalized spacial score (nSPS) is 6.67. The topological polar surface area (TPSA) is 17.1 Å². The average molecular weight is 162 g/mol. The highest BCUT2D eigenvalue weighted by molar-refractivity contribution is 5.33. The third-order valence-corrected chi connectivity index (χ3v) is 1.22. The molecule has 0 radical (unpaired) electrons. The van der Waals surface area contributed by atoms with Crippen LogP contribution in [0.4, 0.5) is 0 Å². The Kier molecular flexibility index (Phi) is 8.23. The molecule has 0 atom stereocenters. The van der Waals surface area contributed by atoms with Crippen molar-refractivity contribution in [2.75, 3.05) is 0 Å². The second kappa shape index (κ2) is 7.56. The molecule has 0 amide bonds. The van der Waals surface area contributed by atoms with Gasteiger partial charge in [0.15, 0.2) is 0 Å². The number of hydrogen-bond acceptors (Lipinski definition) is 1. The second-order valence-electron chi connectivity index (χ2n) is 2.01. The van der Waals surface area contributed by atoms with Gasteiger partial charge in [-0.25, -0.2) is 0 Å². The summed E-state index contributed by atoms with van der Waals surface area (Å²) in [7, 11) is 0. The Hall–Kier alpha value is -1.55. The van der Waals surface area contributed by atoms with Gasteiger partial charge < -0.3 is 4.79 Å². The minimum atomic E-state index is 0. The number of carbonyl (C=O) groups is 1. The van der Waals surface area contributed by atoms with Crippen LogP contribution in [0.2, 0.25) is 0 Å². The first-order chi connectivity index (χ1) is 5.33. The van der Waals surface area contributed by atoms with E-state index in [1.54, 1.807) is 0 Å². The van der Waals surface area contributed by atoms with Crippen LogP contribution in [0.3, 0.4) is 0 Å². The number of benzene rings is 1. The molecule has 0 aliphatic rings. The molecule has 0 N–H and O–H groups in total. The van der Waals surface area contributed by atoms with Gasteiger partial charge in [-0.15, -0.1) is 6.42 Å². The number of aryl methyl sites for hydroxylation is 1. The molecule has 0 unspecified atom stereocenters. The summed E-state index contributed by atoms with van der Waals surface area (Å²) < 4.78 is 0. The van der Waals surface area contributed by atoms with Gasteiger partial charge in [0.25, 0.3) is 0 Å². The van der Waals surface area contributed by atoms with Crippen LogP contribution in [0.1, 0.15) is 18.6 Å². The molecule has 1 aromatic rings. The van der Waals surface area contributed by atoms with Crippen LogP contribution in [0.25, 0.3) is 0 Å². The van der Waals surface area contributed by atoms with Gasteiger partial charge in [-0.05, 0) is 19.1 Å². The van der Waals surface area contributed by atoms with E-state index in [0.717, 1.165) is 5.56 Å². The Labute approximate surface area is 74.4 Å². The molecule has 0 aliphatic heterocycles. The van der Waals surface area contributed by atoms with Crippen LogP contribution in [0, 0.1) is 19.3 Å². The lowest BCUT2D eigenvalue weighted by Crippen LogP contribution is -1.72. The molecular weight excluding hydrogens is 148 g/mol. The minimum absolute atomic E-state index is 0. The summed E-state index contributed by atoms with van der Waals surface area (Å²) in [6.07, 6.45) is 5.15. The van der Waals surface area contributed by atoms with Gasteiger partial charge in [0.2, 0.25) is 0 Å². The number of terminal acetylenes is 1. The molecule has 1 heteroatoms. The largest absolute Gasteiger partial charge is 0.307 e. The van der Waals surface area contributed by atoms with Crippen LogP contribution in [0.15, 0.2) is 24.3 Å². The molecule has 0 aliphatic carbocycles. The predicted molar refractivity (Wildman–Crippen MR) is 53.0 cm³/mol. The van der Waals surface area contributed by atoms with E-state index in [1.807, 2.05) is 38.0 Å². The van der Waals surface area contributed by atoms with E-state index in [9.17, 15) is 0 Å². The van der Waals surface area contributed by atoms with Crippen LogP contribution in [-0.2, 0) is 4.79 Å². The highest BCUT2D eigenvalue weighted by atomic mass is 16.1. The van der Waals surface area contributed by atoms with Gasteiger partial charge >= 0.3 is 0 Å². The zero-order valence-corrected chi connectivity index (χ0v) is 6.50. The van der Waals surface area contributed by atoms with E-state index < -0.39 is 0 Å². The molecule has 0 saturated carbocycles. The van der Waals surface area contributed by atoms with Crippen molar-refractivity contribution in [1.82, 2.24) is 0 Å². The fourth-order valence-corrected chi connectivity index (χ4v) is 0.650. The molecule has 1 nitrogen and oxygen atoms in total. The lowest BCUT2D eigenvalue weighted by molar-refractivity contribution is -0.0979. The first-order valence-corrected chi connectivity index (χ1v) is 3.15. The highest BCUT2D eigenvalue weighted by Gasteiger charge is 1.82. The van der Waals surface area contributed by atoms with Gasteiger partial charge in [-0.2, -0.15) is 0 Å². The van der Waals surface area contributed by atoms with Crippen LogP contribution >= 0.6 is 0 Å². The Bertz CT molecular complexity index is 241. The molecule has 1 rings (SSSR count). The van der Waals surface area contributed by atoms with Crippen molar-refractivity contribution in [2.24, 2.45) is 0 Å². The van der Waals surface area contributed by atoms with Crippen molar-refractivity contribution >= 4 is 6.79 Å². The molecule has 0 spiro atoms. The second-order valence-corrected chi connectivity index (χ2v) is 2.01. The molecule has 1 aromatic carbocycles. The number of rotatable bonds is 0. The number of hydrogen-bond donors (Lipinski definition) is 0. The van der Waals surface area contributed by atoms with Gasteiger partial charge in [0.05, 0.1) is 0 Å². The standard InChI is InChI=1S/C9H8.CH2O.CH4/c1-3-9-6-4-8(2)5-7-9;1-2;/h1,4-7H,2H3;1H2;1H4. The van der Waals surface area contributed by atoms with E-state index in [0.29, 0.717) is 0 Å². The molecule has 0 fully saturated rings. The summed E-state index contributed by atoms with van der Waals surface area (Å²) >= 11 is 0. The first-order valence-electron chi connectivity index (χ1n) is 3.15. The Morgan fingerprint density at radius 1 is 1.25 bits per heavy atom. The van der Waals surface area contributed by atoms with Gasteiger partial charge in [-0.1, -0.05) is 31.0 Å². The zero-order valence-electron chi connectivity index (χ0n) is 6.50. The van der Waals surface area contributed by atoms with Crippen molar-refractivity contribution in [3.63, 3.8) is 0 Å². The van der Waals surface area contributed by atoms with E-state index in [-0.39, 0.29) is 7.43 Å². The fourth-order valence-electron chi connectivity index (χ4n) is 0.650. The summed E-state index contributed by atoms with van der Waals surface area (Å²) in [5, 5.41) is 0. The number of carbonyl (C=O) groups excluding carboxylic acids is 1. The van der Waals surface area contributed by atoms with Crippen molar-refractivity contribution in [3.8, 4) is 12.3 Å². The molecule has 12 heavy (non-hydrogen) atoms. The Morgan fingerprint density at radius 3 is 2.00 bits per heavy atom. The Balaban J connectivity index is 0. The van der Waals surface area contributed by atoms with Crippen LogP contribution < -0.4 is 0 Å². The maximum absolute atomic E-state index is 8.00. The Morgan fingerprint density at radius 2 is 1.67 bits per heavy atom. The predicted octanol–water partition coefficient (Wildman–Crippen LogP) is 2.43. The summed E-state index contributed by atoms with van der Waals surface area (Å²) in [4.78, 5) is 8.00. The molecular formula is C11H14O. The van der Waals surface area contributed by atoms with Gasteiger partial charge in [-0.3, -0.25) is 0 Å². The molecule has 0 saturated heterocycles. The smallest absolute Gasteiger partial charge is 0.106 e. The first kappa shape index (κ1) is 13.1. The van der Waals surface area contributed by atoms with E-state index >= 15 is 0 Å². The van der Waals surface area contributed by atoms with E-state index in [4.69, 9.17) is 11.2 Å². The molecule has 0 aromatic heterocycles. The zero-order chi connectivity index (χ0) is 8.69. The fraction of sp³-hybridized carbons (Fsp3) is 0.182. The summed E-state index contributed by atoms with van der Waals surface area (Å²) in [5.74, 6) is 2.55. The molecule has 64 valence electrons. The molecule has 0 heterocycles. The van der Waals surface area contributed by atoms with Crippen LogP contribution in [0.5, 0.6) is 0 Å². The van der Waals surface area contributed by atoms with Crippen LogP contribution in [-0.4, -0.2) is 6.79 Å². The molecule has 0 bridgehead atoms. The monoisotopic (exact) mass is 162 g/mol. The van der Waals surface area contributed by atoms with E-state index in [2.05, 4.69) is 5.92 Å². The van der Waals surface area contributed by atoms with Crippen molar-refractivity contribution in [1.29, 1.82) is 0 Å². The average Bonchev–Trinajstić information content (AvgIpc) is 2.10. The van der Waals surface area contributed by atoms with Crippen molar-refractivity contribution < 1.29 is 4.79 Å².